The molecule has 0 saturated heterocycles. The number of aliphatic imine (C=N–C) groups is 1. The van der Waals surface area contributed by atoms with Gasteiger partial charge in [-0.25, -0.2) is 4.98 Å². The van der Waals surface area contributed by atoms with Crippen LogP contribution >= 0.6 is 0 Å². The summed E-state index contributed by atoms with van der Waals surface area (Å²) in [5.74, 6) is 1.37. The Kier molecular flexibility index (Phi) is 6.02. The van der Waals surface area contributed by atoms with Crippen LogP contribution in [-0.2, 0) is 19.5 Å². The number of hydrogen-bond donors (Lipinski definition) is 2. The van der Waals surface area contributed by atoms with Crippen LogP contribution in [0.25, 0.3) is 11.5 Å². The molecule has 2 heterocycles. The second-order valence-electron chi connectivity index (χ2n) is 7.78. The van der Waals surface area contributed by atoms with Crippen molar-refractivity contribution in [1.29, 1.82) is 0 Å². The number of guanidine groups is 1. The molecule has 0 atom stereocenters. The number of hydrogen-bond acceptors (Lipinski definition) is 4. The largest absolute Gasteiger partial charge is 0.444 e. The Morgan fingerprint density at radius 1 is 1.13 bits per heavy atom. The number of aromatic nitrogens is 1. The van der Waals surface area contributed by atoms with Crippen molar-refractivity contribution in [1.82, 2.24) is 15.6 Å². The molecule has 30 heavy (non-hydrogen) atoms. The van der Waals surface area contributed by atoms with E-state index in [0.29, 0.717) is 12.4 Å². The number of fused-ring (bicyclic) bond motifs is 1. The third kappa shape index (κ3) is 4.64. The van der Waals surface area contributed by atoms with Crippen molar-refractivity contribution in [3.8, 4) is 11.5 Å². The molecule has 0 bridgehead atoms. The summed E-state index contributed by atoms with van der Waals surface area (Å²) in [6.45, 7) is 4.47. The molecule has 6 heteroatoms. The lowest BCUT2D eigenvalue weighted by Crippen LogP contribution is -2.36. The van der Waals surface area contributed by atoms with Gasteiger partial charge in [0, 0.05) is 38.4 Å². The first-order valence-corrected chi connectivity index (χ1v) is 10.4. The van der Waals surface area contributed by atoms with Crippen LogP contribution in [-0.4, -0.2) is 31.6 Å². The summed E-state index contributed by atoms with van der Waals surface area (Å²) in [5.41, 5.74) is 7.07. The Labute approximate surface area is 178 Å². The molecule has 0 spiro atoms. The predicted octanol–water partition coefficient (Wildman–Crippen LogP) is 3.90. The molecule has 0 fully saturated rings. The predicted molar refractivity (Wildman–Crippen MR) is 122 cm³/mol. The Morgan fingerprint density at radius 3 is 2.73 bits per heavy atom. The molecule has 1 aliphatic rings. The fourth-order valence-corrected chi connectivity index (χ4v) is 3.75. The molecule has 0 amide bonds. The summed E-state index contributed by atoms with van der Waals surface area (Å²) in [7, 11) is 3.94. The average Bonchev–Trinajstić information content (AvgIpc) is 3.23. The normalized spacial score (nSPS) is 13.8. The highest BCUT2D eigenvalue weighted by molar-refractivity contribution is 5.79. The van der Waals surface area contributed by atoms with Gasteiger partial charge in [0.05, 0.1) is 12.2 Å². The third-order valence-electron chi connectivity index (χ3n) is 5.47. The van der Waals surface area contributed by atoms with E-state index in [4.69, 9.17) is 4.42 Å². The minimum Gasteiger partial charge on any atom is -0.444 e. The van der Waals surface area contributed by atoms with Crippen LogP contribution in [0, 0.1) is 6.92 Å². The lowest BCUT2D eigenvalue weighted by Gasteiger charge is -2.28. The van der Waals surface area contributed by atoms with Crippen LogP contribution in [0.5, 0.6) is 0 Å². The molecule has 3 aromatic rings. The number of nitrogens with one attached hydrogen (secondary N) is 2. The Morgan fingerprint density at radius 2 is 1.93 bits per heavy atom. The number of rotatable bonds is 5. The van der Waals surface area contributed by atoms with Crippen LogP contribution in [0.1, 0.15) is 28.8 Å². The highest BCUT2D eigenvalue weighted by Crippen LogP contribution is 2.26. The summed E-state index contributed by atoms with van der Waals surface area (Å²) in [6.07, 6.45) is 4.05. The van der Waals surface area contributed by atoms with Crippen molar-refractivity contribution in [3.63, 3.8) is 0 Å². The Balaban J connectivity index is 1.32. The second kappa shape index (κ2) is 9.03. The van der Waals surface area contributed by atoms with E-state index in [1.54, 1.807) is 13.3 Å². The first-order chi connectivity index (χ1) is 14.6. The van der Waals surface area contributed by atoms with Crippen molar-refractivity contribution >= 4 is 11.6 Å². The zero-order valence-electron chi connectivity index (χ0n) is 17.9. The minimum absolute atomic E-state index is 0.546. The van der Waals surface area contributed by atoms with E-state index < -0.39 is 0 Å². The first-order valence-electron chi connectivity index (χ1n) is 10.4. The number of oxazole rings is 1. The van der Waals surface area contributed by atoms with Crippen molar-refractivity contribution in [2.75, 3.05) is 25.5 Å². The molecule has 1 aliphatic heterocycles. The van der Waals surface area contributed by atoms with E-state index in [2.05, 4.69) is 69.8 Å². The van der Waals surface area contributed by atoms with E-state index >= 15 is 0 Å². The SMILES string of the molecule is CN=C(NCc1ccc2c(c1)CCCN2C)NCc1coc(-c2ccc(C)cc2)n1. The van der Waals surface area contributed by atoms with Gasteiger partial charge in [0.1, 0.15) is 6.26 Å². The summed E-state index contributed by atoms with van der Waals surface area (Å²) < 4.78 is 5.63. The van der Waals surface area contributed by atoms with Crippen LogP contribution in [0.4, 0.5) is 5.69 Å². The first kappa shape index (κ1) is 20.0. The fourth-order valence-electron chi connectivity index (χ4n) is 3.75. The van der Waals surface area contributed by atoms with E-state index in [1.807, 2.05) is 12.1 Å². The maximum atomic E-state index is 5.63. The quantitative estimate of drug-likeness (QED) is 0.500. The second-order valence-corrected chi connectivity index (χ2v) is 7.78. The van der Waals surface area contributed by atoms with Gasteiger partial charge in [-0.1, -0.05) is 29.8 Å². The number of aryl methyl sites for hydroxylation is 2. The van der Waals surface area contributed by atoms with E-state index in [1.165, 1.54) is 28.8 Å². The fraction of sp³-hybridized carbons (Fsp3) is 0.333. The Hall–Kier alpha value is -3.28. The zero-order valence-corrected chi connectivity index (χ0v) is 17.9. The molecule has 156 valence electrons. The van der Waals surface area contributed by atoms with Gasteiger partial charge < -0.3 is 20.0 Å². The van der Waals surface area contributed by atoms with Crippen LogP contribution in [0.15, 0.2) is 58.1 Å². The summed E-state index contributed by atoms with van der Waals surface area (Å²) in [6, 6.07) is 14.9. The van der Waals surface area contributed by atoms with Gasteiger partial charge in [0.2, 0.25) is 5.89 Å². The van der Waals surface area contributed by atoms with Crippen molar-refractivity contribution in [2.45, 2.75) is 32.9 Å². The highest BCUT2D eigenvalue weighted by Gasteiger charge is 2.14. The number of nitrogens with zero attached hydrogens (tertiary/aromatic N) is 3. The lowest BCUT2D eigenvalue weighted by atomic mass is 9.99. The van der Waals surface area contributed by atoms with Gasteiger partial charge in [0.25, 0.3) is 0 Å². The van der Waals surface area contributed by atoms with Crippen molar-refractivity contribution in [3.05, 3.63) is 71.1 Å². The smallest absolute Gasteiger partial charge is 0.226 e. The highest BCUT2D eigenvalue weighted by atomic mass is 16.3. The standard InChI is InChI=1S/C24H29N5O/c1-17-6-9-19(10-7-17)23-28-21(16-30-23)15-27-24(25-2)26-14-18-8-11-22-20(13-18)5-4-12-29(22)3/h6-11,13,16H,4-5,12,14-15H2,1-3H3,(H2,25,26,27). The van der Waals surface area contributed by atoms with Gasteiger partial charge in [0.15, 0.2) is 5.96 Å². The van der Waals surface area contributed by atoms with Crippen molar-refractivity contribution in [2.24, 2.45) is 4.99 Å². The van der Waals surface area contributed by atoms with Crippen LogP contribution in [0.2, 0.25) is 0 Å². The number of anilines is 1. The van der Waals surface area contributed by atoms with Gasteiger partial charge in [-0.15, -0.1) is 0 Å². The van der Waals surface area contributed by atoms with Gasteiger partial charge in [-0.2, -0.15) is 0 Å². The molecule has 2 aromatic carbocycles. The van der Waals surface area contributed by atoms with Crippen molar-refractivity contribution < 1.29 is 4.42 Å². The molecule has 2 N–H and O–H groups in total. The molecular formula is C24H29N5O. The van der Waals surface area contributed by atoms with E-state index in [9.17, 15) is 0 Å². The minimum atomic E-state index is 0.546. The summed E-state index contributed by atoms with van der Waals surface area (Å²) in [4.78, 5) is 11.2. The van der Waals surface area contributed by atoms with E-state index in [-0.39, 0.29) is 0 Å². The van der Waals surface area contributed by atoms with Gasteiger partial charge in [-0.05, 0) is 49.1 Å². The zero-order chi connectivity index (χ0) is 20.9. The van der Waals surface area contributed by atoms with Crippen LogP contribution in [0.3, 0.4) is 0 Å². The summed E-state index contributed by atoms with van der Waals surface area (Å²) in [5, 5.41) is 6.69. The molecular weight excluding hydrogens is 374 g/mol. The Bertz CT molecular complexity index is 1020. The lowest BCUT2D eigenvalue weighted by molar-refractivity contribution is 0.572. The topological polar surface area (TPSA) is 65.7 Å². The average molecular weight is 404 g/mol. The maximum absolute atomic E-state index is 5.63. The van der Waals surface area contributed by atoms with Gasteiger partial charge in [-0.3, -0.25) is 4.99 Å². The van der Waals surface area contributed by atoms with E-state index in [0.717, 1.165) is 36.7 Å². The molecule has 6 nitrogen and oxygen atoms in total. The van der Waals surface area contributed by atoms with Gasteiger partial charge >= 0.3 is 0 Å². The molecule has 0 aliphatic carbocycles. The maximum Gasteiger partial charge on any atom is 0.226 e. The molecule has 0 unspecified atom stereocenters. The number of benzene rings is 2. The molecule has 1 aromatic heterocycles. The van der Waals surface area contributed by atoms with Crippen LogP contribution < -0.4 is 15.5 Å². The molecule has 0 radical (unpaired) electrons. The molecule has 4 rings (SSSR count). The third-order valence-corrected chi connectivity index (χ3v) is 5.47. The molecule has 0 saturated carbocycles. The monoisotopic (exact) mass is 403 g/mol. The summed E-state index contributed by atoms with van der Waals surface area (Å²) >= 11 is 0.